The molecular weight excluding hydrogens is 366 g/mol. The Hall–Kier alpha value is -2.45. The average Bonchev–Trinajstić information content (AvgIpc) is 3.29. The summed E-state index contributed by atoms with van der Waals surface area (Å²) < 4.78 is 3.76. The molecule has 0 aliphatic carbocycles. The highest BCUT2D eigenvalue weighted by Crippen LogP contribution is 2.22. The molecule has 0 bridgehead atoms. The van der Waals surface area contributed by atoms with Gasteiger partial charge in [0.2, 0.25) is 0 Å². The van der Waals surface area contributed by atoms with E-state index in [-0.39, 0.29) is 24.4 Å². The number of anilines is 1. The fraction of sp³-hybridized carbons (Fsp3) is 0.444. The molecule has 1 aliphatic heterocycles. The van der Waals surface area contributed by atoms with E-state index in [2.05, 4.69) is 39.9 Å². The molecule has 1 amide bonds. The number of benzene rings is 1. The Morgan fingerprint density at radius 1 is 1.30 bits per heavy atom. The molecule has 3 aromatic rings. The maximum absolute atomic E-state index is 12.5. The molecule has 0 saturated carbocycles. The third kappa shape index (κ3) is 3.96. The highest BCUT2D eigenvalue weighted by molar-refractivity contribution is 6.03. The van der Waals surface area contributed by atoms with Crippen LogP contribution in [0.4, 0.5) is 5.69 Å². The molecule has 2 aromatic heterocycles. The topological polar surface area (TPSA) is 89.7 Å². The second kappa shape index (κ2) is 8.06. The molecular formula is C18H24ClN7O. The number of nitrogens with one attached hydrogen (secondary N) is 2. The first-order chi connectivity index (χ1) is 12.6. The molecule has 2 N–H and O–H groups in total. The minimum absolute atomic E-state index is 0. The van der Waals surface area contributed by atoms with E-state index in [1.807, 2.05) is 33.8 Å². The van der Waals surface area contributed by atoms with Crippen LogP contribution in [0.5, 0.6) is 0 Å². The SMILES string of the molecule is CC(C)n1ncc2ccc(NC(=O)c3cn(C4CCNCC4)nn3)cc21.Cl. The van der Waals surface area contributed by atoms with Crippen LogP contribution >= 0.6 is 12.4 Å². The summed E-state index contributed by atoms with van der Waals surface area (Å²) >= 11 is 0. The Morgan fingerprint density at radius 3 is 2.81 bits per heavy atom. The van der Waals surface area contributed by atoms with Gasteiger partial charge in [0.25, 0.3) is 5.91 Å². The van der Waals surface area contributed by atoms with Gasteiger partial charge in [-0.25, -0.2) is 4.68 Å². The number of hydrogen-bond acceptors (Lipinski definition) is 5. The molecule has 27 heavy (non-hydrogen) atoms. The van der Waals surface area contributed by atoms with Crippen molar-refractivity contribution in [3.05, 3.63) is 36.3 Å². The lowest BCUT2D eigenvalue weighted by molar-refractivity contribution is 0.102. The number of carbonyl (C=O) groups is 1. The number of fused-ring (bicyclic) bond motifs is 1. The van der Waals surface area contributed by atoms with Crippen LogP contribution in [0.2, 0.25) is 0 Å². The van der Waals surface area contributed by atoms with Crippen molar-refractivity contribution in [3.8, 4) is 0 Å². The first kappa shape index (κ1) is 19.3. The number of rotatable bonds is 4. The zero-order valence-electron chi connectivity index (χ0n) is 15.4. The maximum atomic E-state index is 12.5. The van der Waals surface area contributed by atoms with Gasteiger partial charge >= 0.3 is 0 Å². The van der Waals surface area contributed by atoms with Crippen molar-refractivity contribution in [3.63, 3.8) is 0 Å². The smallest absolute Gasteiger partial charge is 0.277 e. The predicted molar refractivity (Wildman–Crippen MR) is 106 cm³/mol. The van der Waals surface area contributed by atoms with Crippen molar-refractivity contribution in [2.45, 2.75) is 38.8 Å². The number of nitrogens with zero attached hydrogens (tertiary/aromatic N) is 5. The normalized spacial score (nSPS) is 15.1. The maximum Gasteiger partial charge on any atom is 0.277 e. The molecule has 4 rings (SSSR count). The van der Waals surface area contributed by atoms with E-state index in [4.69, 9.17) is 0 Å². The number of amides is 1. The van der Waals surface area contributed by atoms with Gasteiger partial charge in [0.05, 0.1) is 24.0 Å². The third-order valence-corrected chi connectivity index (χ3v) is 4.77. The van der Waals surface area contributed by atoms with Gasteiger partial charge in [-0.1, -0.05) is 5.21 Å². The van der Waals surface area contributed by atoms with Gasteiger partial charge in [0.1, 0.15) is 0 Å². The minimum atomic E-state index is -0.250. The largest absolute Gasteiger partial charge is 0.320 e. The van der Waals surface area contributed by atoms with Gasteiger partial charge in [-0.05, 0) is 58.0 Å². The second-order valence-corrected chi connectivity index (χ2v) is 6.98. The molecule has 9 heteroatoms. The van der Waals surface area contributed by atoms with Gasteiger partial charge < -0.3 is 10.6 Å². The van der Waals surface area contributed by atoms with E-state index in [1.54, 1.807) is 6.20 Å². The zero-order chi connectivity index (χ0) is 18.1. The Kier molecular flexibility index (Phi) is 5.76. The summed E-state index contributed by atoms with van der Waals surface area (Å²) in [5.74, 6) is -0.250. The summed E-state index contributed by atoms with van der Waals surface area (Å²) in [7, 11) is 0. The van der Waals surface area contributed by atoms with Crippen molar-refractivity contribution in [1.82, 2.24) is 30.1 Å². The lowest BCUT2D eigenvalue weighted by atomic mass is 10.1. The number of piperidine rings is 1. The first-order valence-corrected chi connectivity index (χ1v) is 9.03. The predicted octanol–water partition coefficient (Wildman–Crippen LogP) is 2.81. The molecule has 1 aromatic carbocycles. The summed E-state index contributed by atoms with van der Waals surface area (Å²) in [5, 5.41) is 19.9. The molecule has 0 atom stereocenters. The number of carbonyl (C=O) groups excluding carboxylic acids is 1. The molecule has 1 aliphatic rings. The Balaban J connectivity index is 0.00000210. The summed E-state index contributed by atoms with van der Waals surface area (Å²) in [6, 6.07) is 6.34. The van der Waals surface area contributed by atoms with Crippen LogP contribution < -0.4 is 10.6 Å². The van der Waals surface area contributed by atoms with Crippen molar-refractivity contribution < 1.29 is 4.79 Å². The van der Waals surface area contributed by atoms with Crippen LogP contribution in [0.15, 0.2) is 30.6 Å². The van der Waals surface area contributed by atoms with E-state index in [1.165, 1.54) is 0 Å². The fourth-order valence-corrected chi connectivity index (χ4v) is 3.35. The molecule has 8 nitrogen and oxygen atoms in total. The van der Waals surface area contributed by atoms with E-state index in [0.29, 0.717) is 11.7 Å². The van der Waals surface area contributed by atoms with E-state index in [0.717, 1.165) is 42.5 Å². The van der Waals surface area contributed by atoms with E-state index >= 15 is 0 Å². The highest BCUT2D eigenvalue weighted by Gasteiger charge is 2.19. The number of aromatic nitrogens is 5. The summed E-state index contributed by atoms with van der Waals surface area (Å²) in [5.41, 5.74) is 2.05. The highest BCUT2D eigenvalue weighted by atomic mass is 35.5. The summed E-state index contributed by atoms with van der Waals surface area (Å²) in [6.45, 7) is 6.10. The van der Waals surface area contributed by atoms with Crippen LogP contribution in [-0.2, 0) is 0 Å². The standard InChI is InChI=1S/C18H23N7O.ClH/c1-12(2)25-17-9-14(4-3-13(17)10-20-25)21-18(26)16-11-24(23-22-16)15-5-7-19-8-6-15;/h3-4,9-12,15,19H,5-8H2,1-2H3,(H,21,26);1H. The Morgan fingerprint density at radius 2 is 2.07 bits per heavy atom. The average molecular weight is 390 g/mol. The fourth-order valence-electron chi connectivity index (χ4n) is 3.35. The van der Waals surface area contributed by atoms with Crippen LogP contribution in [0.25, 0.3) is 10.9 Å². The molecule has 1 fully saturated rings. The lowest BCUT2D eigenvalue weighted by Gasteiger charge is -2.22. The lowest BCUT2D eigenvalue weighted by Crippen LogP contribution is -2.29. The second-order valence-electron chi connectivity index (χ2n) is 6.98. The Labute approximate surface area is 163 Å². The van der Waals surface area contributed by atoms with Crippen LogP contribution in [-0.4, -0.2) is 43.8 Å². The van der Waals surface area contributed by atoms with Crippen molar-refractivity contribution >= 4 is 34.9 Å². The van der Waals surface area contributed by atoms with Crippen LogP contribution in [0, 0.1) is 0 Å². The number of halogens is 1. The minimum Gasteiger partial charge on any atom is -0.320 e. The van der Waals surface area contributed by atoms with Crippen molar-refractivity contribution in [1.29, 1.82) is 0 Å². The monoisotopic (exact) mass is 389 g/mol. The molecule has 3 heterocycles. The van der Waals surface area contributed by atoms with E-state index < -0.39 is 0 Å². The molecule has 1 saturated heterocycles. The van der Waals surface area contributed by atoms with Crippen LogP contribution in [0.1, 0.15) is 49.3 Å². The third-order valence-electron chi connectivity index (χ3n) is 4.77. The van der Waals surface area contributed by atoms with Gasteiger partial charge in [-0.2, -0.15) is 5.10 Å². The summed E-state index contributed by atoms with van der Waals surface area (Å²) in [6.07, 6.45) is 5.58. The quantitative estimate of drug-likeness (QED) is 0.716. The first-order valence-electron chi connectivity index (χ1n) is 9.03. The zero-order valence-corrected chi connectivity index (χ0v) is 16.2. The summed E-state index contributed by atoms with van der Waals surface area (Å²) in [4.78, 5) is 12.5. The Bertz CT molecular complexity index is 927. The molecule has 0 unspecified atom stereocenters. The molecule has 0 spiro atoms. The van der Waals surface area contributed by atoms with Crippen molar-refractivity contribution in [2.24, 2.45) is 0 Å². The van der Waals surface area contributed by atoms with Gasteiger partial charge in [0.15, 0.2) is 5.69 Å². The van der Waals surface area contributed by atoms with Gasteiger partial charge in [-0.15, -0.1) is 17.5 Å². The van der Waals surface area contributed by atoms with E-state index in [9.17, 15) is 4.79 Å². The molecule has 0 radical (unpaired) electrons. The van der Waals surface area contributed by atoms with Gasteiger partial charge in [0, 0.05) is 17.1 Å². The van der Waals surface area contributed by atoms with Crippen molar-refractivity contribution in [2.75, 3.05) is 18.4 Å². The van der Waals surface area contributed by atoms with Crippen LogP contribution in [0.3, 0.4) is 0 Å². The van der Waals surface area contributed by atoms with Gasteiger partial charge in [-0.3, -0.25) is 9.48 Å². The molecule has 144 valence electrons. The number of hydrogen-bond donors (Lipinski definition) is 2.